The zero-order valence-corrected chi connectivity index (χ0v) is 12.5. The fraction of sp³-hybridized carbons (Fsp3) is 0.500. The van der Waals surface area contributed by atoms with Crippen LogP contribution in [-0.2, 0) is 4.74 Å². The summed E-state index contributed by atoms with van der Waals surface area (Å²) in [5.74, 6) is 0. The Bertz CT molecular complexity index is 439. The first kappa shape index (κ1) is 16.5. The maximum absolute atomic E-state index is 12.2. The molecule has 0 spiro atoms. The van der Waals surface area contributed by atoms with Gasteiger partial charge < -0.3 is 14.8 Å². The third kappa shape index (κ3) is 4.87. The summed E-state index contributed by atoms with van der Waals surface area (Å²) in [4.78, 5) is 13.7. The molecule has 1 aromatic carbocycles. The number of hydrogen-bond donors (Lipinski definition) is 2. The summed E-state index contributed by atoms with van der Waals surface area (Å²) in [5, 5.41) is 18.1. The molecule has 0 fully saturated rings. The number of hydrogen-bond acceptors (Lipinski definition) is 4. The lowest BCUT2D eigenvalue weighted by Gasteiger charge is -2.27. The van der Waals surface area contributed by atoms with Crippen LogP contribution in [0.5, 0.6) is 0 Å². The minimum Gasteiger partial charge on any atom is -0.443 e. The molecule has 0 saturated heterocycles. The van der Waals surface area contributed by atoms with Crippen LogP contribution in [-0.4, -0.2) is 35.4 Å². The molecule has 0 aliphatic heterocycles. The average Bonchev–Trinajstić information content (AvgIpc) is 2.34. The van der Waals surface area contributed by atoms with Gasteiger partial charge in [0.2, 0.25) is 0 Å². The van der Waals surface area contributed by atoms with Gasteiger partial charge in [0.1, 0.15) is 5.60 Å². The number of nitrogens with zero attached hydrogens (tertiary/aromatic N) is 1. The van der Waals surface area contributed by atoms with Gasteiger partial charge in [-0.2, -0.15) is 0 Å². The third-order valence-corrected chi connectivity index (χ3v) is 2.56. The monoisotopic (exact) mass is 279 g/mol. The molecule has 6 heteroatoms. The minimum absolute atomic E-state index is 0.384. The second-order valence-corrected chi connectivity index (χ2v) is 5.60. The highest BCUT2D eigenvalue weighted by Crippen LogP contribution is 2.17. The Hall–Kier alpha value is -1.53. The van der Waals surface area contributed by atoms with Crippen LogP contribution in [0.1, 0.15) is 34.1 Å². The van der Waals surface area contributed by atoms with E-state index in [0.29, 0.717) is 17.7 Å². The van der Waals surface area contributed by atoms with Gasteiger partial charge in [-0.25, -0.2) is 4.79 Å². The Morgan fingerprint density at radius 1 is 1.25 bits per heavy atom. The Morgan fingerprint density at radius 2 is 1.80 bits per heavy atom. The molecule has 20 heavy (non-hydrogen) atoms. The number of carbonyl (C=O) groups excluding carboxylic acids is 1. The summed E-state index contributed by atoms with van der Waals surface area (Å²) >= 11 is 0. The molecule has 1 rings (SSSR count). The normalized spacial score (nSPS) is 11.1. The van der Waals surface area contributed by atoms with E-state index in [9.17, 15) is 4.79 Å². The number of amides is 1. The van der Waals surface area contributed by atoms with E-state index >= 15 is 0 Å². The summed E-state index contributed by atoms with van der Waals surface area (Å²) in [7, 11) is -1.51. The second kappa shape index (κ2) is 6.77. The largest absolute Gasteiger partial charge is 0.488 e. The highest BCUT2D eigenvalue weighted by atomic mass is 16.6. The Labute approximate surface area is 120 Å². The lowest BCUT2D eigenvalue weighted by atomic mass is 9.80. The van der Waals surface area contributed by atoms with E-state index in [2.05, 4.69) is 0 Å². The molecule has 1 amide bonds. The van der Waals surface area contributed by atoms with Gasteiger partial charge in [0.25, 0.3) is 0 Å². The number of rotatable bonds is 4. The van der Waals surface area contributed by atoms with E-state index in [4.69, 9.17) is 14.8 Å². The average molecular weight is 279 g/mol. The first-order chi connectivity index (χ1) is 9.24. The fourth-order valence-corrected chi connectivity index (χ4v) is 1.69. The molecule has 0 aliphatic rings. The summed E-state index contributed by atoms with van der Waals surface area (Å²) in [5.41, 5.74) is 0.504. The predicted octanol–water partition coefficient (Wildman–Crippen LogP) is 1.52. The molecule has 0 radical (unpaired) electrons. The molecule has 5 nitrogen and oxygen atoms in total. The summed E-state index contributed by atoms with van der Waals surface area (Å²) in [6.07, 6.45) is 0.389. The smallest absolute Gasteiger partial charge is 0.443 e. The summed E-state index contributed by atoms with van der Waals surface area (Å²) in [6, 6.07) is 6.50. The van der Waals surface area contributed by atoms with Crippen LogP contribution in [0.15, 0.2) is 24.3 Å². The Kier molecular flexibility index (Phi) is 5.59. The van der Waals surface area contributed by atoms with Crippen LogP contribution in [0.3, 0.4) is 0 Å². The van der Waals surface area contributed by atoms with Crippen molar-refractivity contribution in [2.45, 2.75) is 39.7 Å². The molecule has 0 aromatic heterocycles. The van der Waals surface area contributed by atoms with Crippen molar-refractivity contribution in [2.24, 2.45) is 0 Å². The Morgan fingerprint density at radius 3 is 2.20 bits per heavy atom. The molecule has 0 atom stereocenters. The van der Waals surface area contributed by atoms with Gasteiger partial charge in [0.05, 0.1) is 0 Å². The van der Waals surface area contributed by atoms with Crippen LogP contribution in [0.2, 0.25) is 0 Å². The van der Waals surface area contributed by atoms with E-state index in [1.165, 1.54) is 0 Å². The predicted molar refractivity (Wildman–Crippen MR) is 80.1 cm³/mol. The van der Waals surface area contributed by atoms with Crippen molar-refractivity contribution < 1.29 is 19.6 Å². The van der Waals surface area contributed by atoms with E-state index < -0.39 is 18.8 Å². The van der Waals surface area contributed by atoms with Crippen molar-refractivity contribution in [3.8, 4) is 0 Å². The highest BCUT2D eigenvalue weighted by molar-refractivity contribution is 6.58. The van der Waals surface area contributed by atoms with Gasteiger partial charge in [-0.05, 0) is 44.8 Å². The van der Waals surface area contributed by atoms with Crippen molar-refractivity contribution in [3.05, 3.63) is 24.3 Å². The molecule has 2 N–H and O–H groups in total. The summed E-state index contributed by atoms with van der Waals surface area (Å²) in [6.45, 7) is 7.97. The molecule has 0 heterocycles. The molecule has 110 valence electrons. The number of anilines is 1. The molecule has 0 aliphatic carbocycles. The quantitative estimate of drug-likeness (QED) is 0.820. The van der Waals surface area contributed by atoms with Gasteiger partial charge >= 0.3 is 13.2 Å². The van der Waals surface area contributed by atoms with Crippen molar-refractivity contribution in [1.29, 1.82) is 0 Å². The maximum atomic E-state index is 12.2. The highest BCUT2D eigenvalue weighted by Gasteiger charge is 2.23. The van der Waals surface area contributed by atoms with Gasteiger partial charge in [0.15, 0.2) is 0 Å². The van der Waals surface area contributed by atoms with E-state index in [-0.39, 0.29) is 0 Å². The zero-order valence-electron chi connectivity index (χ0n) is 12.5. The van der Waals surface area contributed by atoms with Crippen LogP contribution in [0.25, 0.3) is 0 Å². The van der Waals surface area contributed by atoms with E-state index in [1.807, 2.05) is 27.7 Å². The Balaban J connectivity index is 2.92. The number of benzene rings is 1. The van der Waals surface area contributed by atoms with Crippen molar-refractivity contribution in [1.82, 2.24) is 0 Å². The lowest BCUT2D eigenvalue weighted by Crippen LogP contribution is -2.37. The molecule has 0 saturated carbocycles. The summed E-state index contributed by atoms with van der Waals surface area (Å²) < 4.78 is 5.37. The topological polar surface area (TPSA) is 70.0 Å². The maximum Gasteiger partial charge on any atom is 0.488 e. The van der Waals surface area contributed by atoms with Gasteiger partial charge in [-0.3, -0.25) is 4.90 Å². The first-order valence-corrected chi connectivity index (χ1v) is 6.71. The molecular formula is C14H22BNO4. The van der Waals surface area contributed by atoms with Gasteiger partial charge in [-0.15, -0.1) is 0 Å². The second-order valence-electron chi connectivity index (χ2n) is 5.60. The molecular weight excluding hydrogens is 257 g/mol. The van der Waals surface area contributed by atoms with Crippen molar-refractivity contribution >= 4 is 24.4 Å². The van der Waals surface area contributed by atoms with Crippen LogP contribution >= 0.6 is 0 Å². The van der Waals surface area contributed by atoms with Crippen LogP contribution in [0, 0.1) is 0 Å². The van der Waals surface area contributed by atoms with Crippen LogP contribution in [0.4, 0.5) is 10.5 Å². The van der Waals surface area contributed by atoms with Crippen molar-refractivity contribution in [2.75, 3.05) is 11.4 Å². The van der Waals surface area contributed by atoms with Gasteiger partial charge in [0, 0.05) is 12.2 Å². The fourth-order valence-electron chi connectivity index (χ4n) is 1.69. The zero-order chi connectivity index (χ0) is 15.3. The lowest BCUT2D eigenvalue weighted by molar-refractivity contribution is 0.0580. The van der Waals surface area contributed by atoms with E-state index in [0.717, 1.165) is 6.42 Å². The SMILES string of the molecule is CCCN(C(=O)OC(C)(C)C)c1ccc(B(O)O)cc1. The molecule has 0 unspecified atom stereocenters. The molecule has 0 bridgehead atoms. The standard InChI is InChI=1S/C14H22BNO4/c1-5-10-16(13(17)20-14(2,3)4)12-8-6-11(7-9-12)15(18)19/h6-9,18-19H,5,10H2,1-4H3. The minimum atomic E-state index is -1.51. The first-order valence-electron chi connectivity index (χ1n) is 6.71. The number of carbonyl (C=O) groups is 1. The van der Waals surface area contributed by atoms with E-state index in [1.54, 1.807) is 29.2 Å². The van der Waals surface area contributed by atoms with Crippen LogP contribution < -0.4 is 10.4 Å². The third-order valence-electron chi connectivity index (χ3n) is 2.56. The van der Waals surface area contributed by atoms with Gasteiger partial charge in [-0.1, -0.05) is 19.1 Å². The number of ether oxygens (including phenoxy) is 1. The van der Waals surface area contributed by atoms with Crippen molar-refractivity contribution in [3.63, 3.8) is 0 Å². The molecule has 1 aromatic rings.